The molecule has 1 amide bonds. The molecule has 0 heterocycles. The predicted octanol–water partition coefficient (Wildman–Crippen LogP) is 2.56. The van der Waals surface area contributed by atoms with Gasteiger partial charge in [0.25, 0.3) is 0 Å². The van der Waals surface area contributed by atoms with E-state index in [4.69, 9.17) is 0 Å². The molecule has 1 rings (SSSR count). The van der Waals surface area contributed by atoms with Crippen LogP contribution in [0.3, 0.4) is 0 Å². The molecule has 2 N–H and O–H groups in total. The number of carbonyl (C=O) groups excluding carboxylic acids is 1. The first kappa shape index (κ1) is 14.3. The minimum Gasteiger partial charge on any atom is -0.383 e. The van der Waals surface area contributed by atoms with Gasteiger partial charge in [-0.15, -0.1) is 0 Å². The van der Waals surface area contributed by atoms with Crippen LogP contribution in [-0.4, -0.2) is 19.0 Å². The Hall–Kier alpha value is -1.72. The van der Waals surface area contributed by atoms with Crippen LogP contribution in [0.2, 0.25) is 0 Å². The molecule has 0 aliphatic carbocycles. The second-order valence-electron chi connectivity index (χ2n) is 3.94. The van der Waals surface area contributed by atoms with E-state index in [0.29, 0.717) is 18.8 Å². The molecule has 0 saturated carbocycles. The minimum atomic E-state index is -4.35. The van der Waals surface area contributed by atoms with E-state index in [2.05, 4.69) is 10.6 Å². The molecular weight excluding hydrogens is 245 g/mol. The third kappa shape index (κ3) is 4.27. The summed E-state index contributed by atoms with van der Waals surface area (Å²) in [5.41, 5.74) is 0.469. The van der Waals surface area contributed by atoms with Gasteiger partial charge in [0.15, 0.2) is 0 Å². The molecule has 0 aliphatic rings. The molecule has 0 atom stereocenters. The molecule has 0 unspecified atom stereocenters. The zero-order valence-corrected chi connectivity index (χ0v) is 10.2. The molecule has 1 aromatic carbocycles. The van der Waals surface area contributed by atoms with Gasteiger partial charge in [-0.3, -0.25) is 4.79 Å². The summed E-state index contributed by atoms with van der Waals surface area (Å²) >= 11 is 0. The zero-order valence-electron chi connectivity index (χ0n) is 10.2. The third-order valence-electron chi connectivity index (χ3n) is 2.38. The molecule has 0 bridgehead atoms. The Balaban J connectivity index is 2.67. The molecule has 0 aromatic heterocycles. The molecule has 1 aromatic rings. The average molecular weight is 260 g/mol. The molecule has 0 fully saturated rings. The van der Waals surface area contributed by atoms with Gasteiger partial charge in [-0.25, -0.2) is 0 Å². The van der Waals surface area contributed by atoms with E-state index in [9.17, 15) is 18.0 Å². The van der Waals surface area contributed by atoms with Gasteiger partial charge in [0.2, 0.25) is 5.91 Å². The molecule has 0 spiro atoms. The second-order valence-corrected chi connectivity index (χ2v) is 3.94. The molecule has 18 heavy (non-hydrogen) atoms. The monoisotopic (exact) mass is 260 g/mol. The van der Waals surface area contributed by atoms with Crippen LogP contribution in [0.15, 0.2) is 18.2 Å². The van der Waals surface area contributed by atoms with Crippen molar-refractivity contribution >= 4 is 11.6 Å². The summed E-state index contributed by atoms with van der Waals surface area (Å²) in [6, 6.07) is 3.54. The Morgan fingerprint density at radius 3 is 2.50 bits per heavy atom. The average Bonchev–Trinajstić information content (AvgIpc) is 2.24. The molecule has 0 saturated heterocycles. The smallest absolute Gasteiger partial charge is 0.383 e. The fourth-order valence-corrected chi connectivity index (χ4v) is 1.42. The van der Waals surface area contributed by atoms with Gasteiger partial charge in [-0.05, 0) is 24.6 Å². The van der Waals surface area contributed by atoms with E-state index in [1.807, 2.05) is 0 Å². The largest absolute Gasteiger partial charge is 0.416 e. The second kappa shape index (κ2) is 5.75. The summed E-state index contributed by atoms with van der Waals surface area (Å²) in [6.07, 6.45) is -4.35. The Labute approximate surface area is 103 Å². The predicted molar refractivity (Wildman–Crippen MR) is 63.4 cm³/mol. The van der Waals surface area contributed by atoms with Crippen molar-refractivity contribution in [3.63, 3.8) is 0 Å². The fraction of sp³-hybridized carbons (Fsp3) is 0.417. The van der Waals surface area contributed by atoms with Crippen molar-refractivity contribution in [3.05, 3.63) is 29.3 Å². The Morgan fingerprint density at radius 2 is 1.94 bits per heavy atom. The van der Waals surface area contributed by atoms with Gasteiger partial charge in [0.05, 0.1) is 5.56 Å². The quantitative estimate of drug-likeness (QED) is 0.817. The SMILES string of the molecule is CC(=O)NCCNc1cc(C(F)(F)F)ccc1C. The number of anilines is 1. The number of aryl methyl sites for hydroxylation is 1. The lowest BCUT2D eigenvalue weighted by molar-refractivity contribution is -0.137. The van der Waals surface area contributed by atoms with Crippen LogP contribution in [-0.2, 0) is 11.0 Å². The van der Waals surface area contributed by atoms with Gasteiger partial charge >= 0.3 is 6.18 Å². The molecule has 6 heteroatoms. The van der Waals surface area contributed by atoms with Crippen LogP contribution in [0.25, 0.3) is 0 Å². The number of nitrogens with one attached hydrogen (secondary N) is 2. The first-order valence-corrected chi connectivity index (χ1v) is 5.47. The highest BCUT2D eigenvalue weighted by molar-refractivity contribution is 5.72. The van der Waals surface area contributed by atoms with E-state index in [0.717, 1.165) is 17.7 Å². The summed E-state index contributed by atoms with van der Waals surface area (Å²) in [4.78, 5) is 10.6. The number of hydrogen-bond donors (Lipinski definition) is 2. The maximum absolute atomic E-state index is 12.5. The van der Waals surface area contributed by atoms with Crippen molar-refractivity contribution in [2.75, 3.05) is 18.4 Å². The maximum Gasteiger partial charge on any atom is 0.416 e. The minimum absolute atomic E-state index is 0.169. The van der Waals surface area contributed by atoms with Crippen molar-refractivity contribution < 1.29 is 18.0 Å². The molecular formula is C12H15F3N2O. The summed E-state index contributed by atoms with van der Waals surface area (Å²) in [5, 5.41) is 5.42. The zero-order chi connectivity index (χ0) is 13.8. The number of alkyl halides is 3. The topological polar surface area (TPSA) is 41.1 Å². The van der Waals surface area contributed by atoms with Crippen molar-refractivity contribution in [1.82, 2.24) is 5.32 Å². The number of rotatable bonds is 4. The highest BCUT2D eigenvalue weighted by Gasteiger charge is 2.30. The third-order valence-corrected chi connectivity index (χ3v) is 2.38. The number of amides is 1. The highest BCUT2D eigenvalue weighted by Crippen LogP contribution is 2.31. The van der Waals surface area contributed by atoms with Crippen LogP contribution < -0.4 is 10.6 Å². The van der Waals surface area contributed by atoms with Crippen molar-refractivity contribution in [2.45, 2.75) is 20.0 Å². The van der Waals surface area contributed by atoms with Crippen LogP contribution >= 0.6 is 0 Å². The number of carbonyl (C=O) groups is 1. The lowest BCUT2D eigenvalue weighted by Gasteiger charge is -2.13. The van der Waals surface area contributed by atoms with Gasteiger partial charge in [0.1, 0.15) is 0 Å². The van der Waals surface area contributed by atoms with Gasteiger partial charge in [-0.2, -0.15) is 13.2 Å². The standard InChI is InChI=1S/C12H15F3N2O/c1-8-3-4-10(12(13,14)15)7-11(8)17-6-5-16-9(2)18/h3-4,7,17H,5-6H2,1-2H3,(H,16,18). The van der Waals surface area contributed by atoms with E-state index in [1.54, 1.807) is 6.92 Å². The van der Waals surface area contributed by atoms with Crippen molar-refractivity contribution in [1.29, 1.82) is 0 Å². The van der Waals surface area contributed by atoms with Crippen LogP contribution in [0, 0.1) is 6.92 Å². The first-order valence-electron chi connectivity index (χ1n) is 5.47. The van der Waals surface area contributed by atoms with Gasteiger partial charge in [-0.1, -0.05) is 6.07 Å². The van der Waals surface area contributed by atoms with Crippen LogP contribution in [0.4, 0.5) is 18.9 Å². The van der Waals surface area contributed by atoms with Crippen molar-refractivity contribution in [2.24, 2.45) is 0 Å². The molecule has 3 nitrogen and oxygen atoms in total. The van der Waals surface area contributed by atoms with Gasteiger partial charge < -0.3 is 10.6 Å². The van der Waals surface area contributed by atoms with Crippen LogP contribution in [0.1, 0.15) is 18.1 Å². The summed E-state index contributed by atoms with van der Waals surface area (Å²) < 4.78 is 37.5. The Bertz CT molecular complexity index is 430. The highest BCUT2D eigenvalue weighted by atomic mass is 19.4. The lowest BCUT2D eigenvalue weighted by Crippen LogP contribution is -2.26. The van der Waals surface area contributed by atoms with E-state index in [1.165, 1.54) is 13.0 Å². The summed E-state index contributed by atoms with van der Waals surface area (Å²) in [6.45, 7) is 3.85. The Kier molecular flexibility index (Phi) is 4.58. The summed E-state index contributed by atoms with van der Waals surface area (Å²) in [7, 11) is 0. The number of halogens is 3. The maximum atomic E-state index is 12.5. The number of hydrogen-bond acceptors (Lipinski definition) is 2. The normalized spacial score (nSPS) is 11.2. The van der Waals surface area contributed by atoms with E-state index >= 15 is 0 Å². The first-order chi connectivity index (χ1) is 8.30. The Morgan fingerprint density at radius 1 is 1.28 bits per heavy atom. The van der Waals surface area contributed by atoms with Crippen LogP contribution in [0.5, 0.6) is 0 Å². The fourth-order valence-electron chi connectivity index (χ4n) is 1.42. The molecule has 0 aliphatic heterocycles. The number of benzene rings is 1. The van der Waals surface area contributed by atoms with E-state index in [-0.39, 0.29) is 5.91 Å². The van der Waals surface area contributed by atoms with Crippen molar-refractivity contribution in [3.8, 4) is 0 Å². The van der Waals surface area contributed by atoms with Gasteiger partial charge in [0, 0.05) is 25.7 Å². The van der Waals surface area contributed by atoms with E-state index < -0.39 is 11.7 Å². The lowest BCUT2D eigenvalue weighted by atomic mass is 10.1. The molecule has 0 radical (unpaired) electrons. The summed E-state index contributed by atoms with van der Waals surface area (Å²) in [5.74, 6) is -0.169. The molecule has 100 valence electrons.